The Kier molecular flexibility index (Phi) is 2.69. The smallest absolute Gasteiger partial charge is 0.111 e. The molecule has 12 heavy (non-hydrogen) atoms. The molecular formula is C9H17ClFN. The highest BCUT2D eigenvalue weighted by atomic mass is 35.5. The molecular weight excluding hydrogens is 177 g/mol. The van der Waals surface area contributed by atoms with Crippen LogP contribution in [0.2, 0.25) is 0 Å². The maximum Gasteiger partial charge on any atom is 0.111 e. The third kappa shape index (κ3) is 1.47. The second-order valence-electron chi connectivity index (χ2n) is 4.36. The van der Waals surface area contributed by atoms with Crippen LogP contribution >= 0.6 is 12.4 Å². The van der Waals surface area contributed by atoms with Gasteiger partial charge in [0.15, 0.2) is 0 Å². The van der Waals surface area contributed by atoms with Gasteiger partial charge in [-0.2, -0.15) is 0 Å². The highest BCUT2D eigenvalue weighted by molar-refractivity contribution is 5.85. The summed E-state index contributed by atoms with van der Waals surface area (Å²) in [6.07, 6.45) is 5.39. The summed E-state index contributed by atoms with van der Waals surface area (Å²) in [5.74, 6) is 0. The molecule has 0 heterocycles. The van der Waals surface area contributed by atoms with Gasteiger partial charge < -0.3 is 5.73 Å². The van der Waals surface area contributed by atoms with Crippen LogP contribution in [0.1, 0.15) is 38.5 Å². The van der Waals surface area contributed by atoms with Gasteiger partial charge in [-0.25, -0.2) is 4.39 Å². The summed E-state index contributed by atoms with van der Waals surface area (Å²) in [4.78, 5) is 0. The van der Waals surface area contributed by atoms with Gasteiger partial charge in [0.05, 0.1) is 0 Å². The van der Waals surface area contributed by atoms with Crippen LogP contribution in [0.4, 0.5) is 4.39 Å². The highest BCUT2D eigenvalue weighted by Gasteiger charge is 2.47. The van der Waals surface area contributed by atoms with Crippen molar-refractivity contribution in [3.8, 4) is 0 Å². The maximum absolute atomic E-state index is 13.6. The van der Waals surface area contributed by atoms with Crippen LogP contribution < -0.4 is 5.73 Å². The van der Waals surface area contributed by atoms with E-state index in [-0.39, 0.29) is 12.4 Å². The first-order valence-electron chi connectivity index (χ1n) is 4.57. The minimum absolute atomic E-state index is 0. The monoisotopic (exact) mass is 193 g/mol. The molecule has 3 heteroatoms. The standard InChI is InChI=1S/C9H16FN.ClH/c10-9-4-1-8(7-11,2-5-9)3-6-9;/h1-7,11H2;1H. The number of rotatable bonds is 1. The zero-order valence-electron chi connectivity index (χ0n) is 7.31. The first-order chi connectivity index (χ1) is 5.18. The van der Waals surface area contributed by atoms with Crippen molar-refractivity contribution < 1.29 is 4.39 Å². The maximum atomic E-state index is 13.6. The van der Waals surface area contributed by atoms with E-state index in [9.17, 15) is 4.39 Å². The highest BCUT2D eigenvalue weighted by Crippen LogP contribution is 2.53. The van der Waals surface area contributed by atoms with Gasteiger partial charge in [-0.3, -0.25) is 0 Å². The second-order valence-corrected chi connectivity index (χ2v) is 4.36. The number of hydrogen-bond acceptors (Lipinski definition) is 1. The number of fused-ring (bicyclic) bond motifs is 3. The number of nitrogens with two attached hydrogens (primary N) is 1. The van der Waals surface area contributed by atoms with Gasteiger partial charge >= 0.3 is 0 Å². The van der Waals surface area contributed by atoms with Crippen molar-refractivity contribution in [3.05, 3.63) is 0 Å². The van der Waals surface area contributed by atoms with E-state index < -0.39 is 5.67 Å². The molecule has 72 valence electrons. The van der Waals surface area contributed by atoms with Gasteiger partial charge in [-0.05, 0) is 50.5 Å². The fraction of sp³-hybridized carbons (Fsp3) is 1.00. The fourth-order valence-electron chi connectivity index (χ4n) is 2.52. The second kappa shape index (κ2) is 3.15. The number of halogens is 2. The SMILES string of the molecule is Cl.NCC12CCC(F)(CC1)CC2. The van der Waals surface area contributed by atoms with Gasteiger partial charge in [-0.1, -0.05) is 0 Å². The summed E-state index contributed by atoms with van der Waals surface area (Å²) in [6, 6.07) is 0. The number of hydrogen-bond donors (Lipinski definition) is 1. The molecule has 0 saturated heterocycles. The molecule has 2 N–H and O–H groups in total. The molecule has 0 spiro atoms. The van der Waals surface area contributed by atoms with Crippen molar-refractivity contribution in [1.29, 1.82) is 0 Å². The molecule has 3 rings (SSSR count). The van der Waals surface area contributed by atoms with Crippen LogP contribution in [0.5, 0.6) is 0 Å². The van der Waals surface area contributed by atoms with E-state index in [0.29, 0.717) is 5.41 Å². The molecule has 0 unspecified atom stereocenters. The van der Waals surface area contributed by atoms with E-state index in [1.165, 1.54) is 0 Å². The average Bonchev–Trinajstić information content (AvgIpc) is 2.07. The van der Waals surface area contributed by atoms with Gasteiger partial charge in [-0.15, -0.1) is 12.4 Å². The molecule has 3 saturated carbocycles. The van der Waals surface area contributed by atoms with Crippen LogP contribution in [-0.2, 0) is 0 Å². The summed E-state index contributed by atoms with van der Waals surface area (Å²) in [7, 11) is 0. The Morgan fingerprint density at radius 3 is 1.75 bits per heavy atom. The van der Waals surface area contributed by atoms with Gasteiger partial charge in [0.1, 0.15) is 5.67 Å². The van der Waals surface area contributed by atoms with E-state index in [1.54, 1.807) is 0 Å². The van der Waals surface area contributed by atoms with Crippen LogP contribution in [0.25, 0.3) is 0 Å². The molecule has 2 bridgehead atoms. The Morgan fingerprint density at radius 2 is 1.42 bits per heavy atom. The average molecular weight is 194 g/mol. The zero-order chi connectivity index (χ0) is 7.95. The molecule has 3 aliphatic rings. The lowest BCUT2D eigenvalue weighted by Gasteiger charge is -2.49. The minimum Gasteiger partial charge on any atom is -0.330 e. The fourth-order valence-corrected chi connectivity index (χ4v) is 2.52. The lowest BCUT2D eigenvalue weighted by Crippen LogP contribution is -2.46. The lowest BCUT2D eigenvalue weighted by molar-refractivity contribution is -0.0295. The quantitative estimate of drug-likeness (QED) is 0.680. The summed E-state index contributed by atoms with van der Waals surface area (Å²) < 4.78 is 13.6. The Morgan fingerprint density at radius 1 is 1.00 bits per heavy atom. The van der Waals surface area contributed by atoms with Crippen LogP contribution in [0.15, 0.2) is 0 Å². The van der Waals surface area contributed by atoms with Crippen LogP contribution in [0.3, 0.4) is 0 Å². The molecule has 3 fully saturated rings. The summed E-state index contributed by atoms with van der Waals surface area (Å²) in [5, 5.41) is 0. The molecule has 0 atom stereocenters. The van der Waals surface area contributed by atoms with E-state index >= 15 is 0 Å². The van der Waals surface area contributed by atoms with E-state index in [0.717, 1.165) is 45.1 Å². The number of alkyl halides is 1. The van der Waals surface area contributed by atoms with Crippen molar-refractivity contribution in [1.82, 2.24) is 0 Å². The van der Waals surface area contributed by atoms with Crippen LogP contribution in [-0.4, -0.2) is 12.2 Å². The van der Waals surface area contributed by atoms with Gasteiger partial charge in [0.25, 0.3) is 0 Å². The molecule has 0 amide bonds. The first kappa shape index (κ1) is 10.3. The largest absolute Gasteiger partial charge is 0.330 e. The topological polar surface area (TPSA) is 26.0 Å². The lowest BCUT2D eigenvalue weighted by atomic mass is 9.59. The first-order valence-corrected chi connectivity index (χ1v) is 4.57. The molecule has 0 aromatic rings. The third-order valence-electron chi connectivity index (χ3n) is 3.74. The van der Waals surface area contributed by atoms with Crippen LogP contribution in [0, 0.1) is 5.41 Å². The molecule has 3 aliphatic carbocycles. The molecule has 1 nitrogen and oxygen atoms in total. The Bertz CT molecular complexity index is 147. The van der Waals surface area contributed by atoms with Crippen molar-refractivity contribution in [3.63, 3.8) is 0 Å². The predicted molar refractivity (Wildman–Crippen MR) is 50.3 cm³/mol. The molecule has 0 aromatic heterocycles. The molecule has 0 radical (unpaired) electrons. The summed E-state index contributed by atoms with van der Waals surface area (Å²) in [5.41, 5.74) is 5.24. The van der Waals surface area contributed by atoms with E-state index in [1.807, 2.05) is 0 Å². The van der Waals surface area contributed by atoms with Crippen molar-refractivity contribution in [2.75, 3.05) is 6.54 Å². The van der Waals surface area contributed by atoms with Gasteiger partial charge in [0, 0.05) is 0 Å². The van der Waals surface area contributed by atoms with Crippen molar-refractivity contribution in [2.24, 2.45) is 11.1 Å². The van der Waals surface area contributed by atoms with Gasteiger partial charge in [0.2, 0.25) is 0 Å². The van der Waals surface area contributed by atoms with E-state index in [2.05, 4.69) is 0 Å². The summed E-state index contributed by atoms with van der Waals surface area (Å²) in [6.45, 7) is 0.767. The van der Waals surface area contributed by atoms with E-state index in [4.69, 9.17) is 5.73 Å². The minimum atomic E-state index is -0.795. The Labute approximate surface area is 79.3 Å². The predicted octanol–water partition coefficient (Wildman–Crippen LogP) is 2.43. The zero-order valence-corrected chi connectivity index (χ0v) is 8.13. The molecule has 0 aliphatic heterocycles. The Balaban J connectivity index is 0.000000720. The Hall–Kier alpha value is 0.180. The summed E-state index contributed by atoms with van der Waals surface area (Å²) >= 11 is 0. The molecule has 0 aromatic carbocycles. The normalized spacial score (nSPS) is 45.5. The van der Waals surface area contributed by atoms with Crippen molar-refractivity contribution in [2.45, 2.75) is 44.2 Å². The van der Waals surface area contributed by atoms with Crippen molar-refractivity contribution >= 4 is 12.4 Å². The third-order valence-corrected chi connectivity index (χ3v) is 3.74.